The standard InChI is InChI=1S/C22H24N6OS/c1-15-25-26-22(30-15)24-21-9-5-7-18(23-21)20-14-28(10-11-29-20)13-16-12-27(2)19-8-4-3-6-17(16)19/h3-9,12,20H,10-11,13-14H2,1-2H3,(H,23,24,26)/t20-/m0/s1. The fraction of sp³-hybridized carbons (Fsp3) is 0.318. The van der Waals surface area contributed by atoms with E-state index < -0.39 is 0 Å². The molecule has 1 fully saturated rings. The zero-order valence-corrected chi connectivity index (χ0v) is 17.9. The van der Waals surface area contributed by atoms with Gasteiger partial charge in [-0.05, 0) is 30.7 Å². The third-order valence-electron chi connectivity index (χ3n) is 5.39. The molecule has 8 heteroatoms. The summed E-state index contributed by atoms with van der Waals surface area (Å²) in [5.41, 5.74) is 3.55. The highest BCUT2D eigenvalue weighted by atomic mass is 32.1. The molecule has 1 aliphatic rings. The van der Waals surface area contributed by atoms with Gasteiger partial charge in [0.15, 0.2) is 0 Å². The van der Waals surface area contributed by atoms with Crippen molar-refractivity contribution in [1.29, 1.82) is 0 Å². The van der Waals surface area contributed by atoms with E-state index >= 15 is 0 Å². The van der Waals surface area contributed by atoms with Crippen LogP contribution in [0, 0.1) is 6.92 Å². The van der Waals surface area contributed by atoms with Gasteiger partial charge in [-0.15, -0.1) is 10.2 Å². The molecule has 5 rings (SSSR count). The lowest BCUT2D eigenvalue weighted by Crippen LogP contribution is -2.38. The van der Waals surface area contributed by atoms with Crippen molar-refractivity contribution in [2.75, 3.05) is 25.0 Å². The van der Waals surface area contributed by atoms with Gasteiger partial charge in [-0.1, -0.05) is 35.6 Å². The van der Waals surface area contributed by atoms with Crippen LogP contribution < -0.4 is 5.32 Å². The minimum absolute atomic E-state index is 0.0494. The summed E-state index contributed by atoms with van der Waals surface area (Å²) >= 11 is 1.51. The number of nitrogens with one attached hydrogen (secondary N) is 1. The molecule has 4 heterocycles. The van der Waals surface area contributed by atoms with Gasteiger partial charge >= 0.3 is 0 Å². The van der Waals surface area contributed by atoms with Gasteiger partial charge in [-0.3, -0.25) is 4.90 Å². The van der Waals surface area contributed by atoms with E-state index in [2.05, 4.69) is 62.5 Å². The molecule has 1 atom stereocenters. The summed E-state index contributed by atoms with van der Waals surface area (Å²) in [7, 11) is 2.11. The first-order valence-corrected chi connectivity index (χ1v) is 10.9. The van der Waals surface area contributed by atoms with Crippen LogP contribution >= 0.6 is 11.3 Å². The van der Waals surface area contributed by atoms with Crippen LogP contribution in [0.2, 0.25) is 0 Å². The smallest absolute Gasteiger partial charge is 0.211 e. The van der Waals surface area contributed by atoms with Crippen molar-refractivity contribution in [2.24, 2.45) is 7.05 Å². The molecule has 0 unspecified atom stereocenters. The van der Waals surface area contributed by atoms with Crippen molar-refractivity contribution in [3.05, 3.63) is 64.9 Å². The number of fused-ring (bicyclic) bond motifs is 1. The van der Waals surface area contributed by atoms with Crippen molar-refractivity contribution >= 4 is 33.2 Å². The average Bonchev–Trinajstić information content (AvgIpc) is 3.31. The number of rotatable bonds is 5. The van der Waals surface area contributed by atoms with Gasteiger partial charge in [-0.2, -0.15) is 0 Å². The van der Waals surface area contributed by atoms with Crippen molar-refractivity contribution in [2.45, 2.75) is 19.6 Å². The number of pyridine rings is 1. The second-order valence-corrected chi connectivity index (χ2v) is 8.76. The van der Waals surface area contributed by atoms with E-state index in [4.69, 9.17) is 9.72 Å². The Balaban J connectivity index is 1.31. The van der Waals surface area contributed by atoms with E-state index in [9.17, 15) is 0 Å². The molecule has 1 N–H and O–H groups in total. The Morgan fingerprint density at radius 2 is 2.07 bits per heavy atom. The number of nitrogens with zero attached hydrogens (tertiary/aromatic N) is 5. The van der Waals surface area contributed by atoms with Gasteiger partial charge in [0.25, 0.3) is 0 Å². The van der Waals surface area contributed by atoms with Crippen LogP contribution in [0.25, 0.3) is 10.9 Å². The lowest BCUT2D eigenvalue weighted by Gasteiger charge is -2.32. The van der Waals surface area contributed by atoms with Gasteiger partial charge in [-0.25, -0.2) is 4.98 Å². The summed E-state index contributed by atoms with van der Waals surface area (Å²) in [5.74, 6) is 0.762. The van der Waals surface area contributed by atoms with E-state index in [1.54, 1.807) is 0 Å². The fourth-order valence-corrected chi connectivity index (χ4v) is 4.57. The highest BCUT2D eigenvalue weighted by Crippen LogP contribution is 2.27. The van der Waals surface area contributed by atoms with Crippen LogP contribution in [0.1, 0.15) is 22.4 Å². The molecule has 0 saturated carbocycles. The minimum Gasteiger partial charge on any atom is -0.369 e. The number of aromatic nitrogens is 4. The zero-order chi connectivity index (χ0) is 20.5. The number of ether oxygens (including phenoxy) is 1. The van der Waals surface area contributed by atoms with E-state index in [0.29, 0.717) is 6.61 Å². The highest BCUT2D eigenvalue weighted by molar-refractivity contribution is 7.15. The molecule has 0 spiro atoms. The third kappa shape index (κ3) is 3.94. The van der Waals surface area contributed by atoms with Crippen LogP contribution in [-0.4, -0.2) is 44.3 Å². The van der Waals surface area contributed by atoms with Gasteiger partial charge in [0.2, 0.25) is 5.13 Å². The van der Waals surface area contributed by atoms with E-state index in [1.807, 2.05) is 25.1 Å². The van der Waals surface area contributed by atoms with E-state index in [1.165, 1.54) is 27.8 Å². The molecule has 30 heavy (non-hydrogen) atoms. The normalized spacial score (nSPS) is 17.5. The number of hydrogen-bond donors (Lipinski definition) is 1. The molecule has 1 aromatic carbocycles. The number of anilines is 2. The topological polar surface area (TPSA) is 68.1 Å². The summed E-state index contributed by atoms with van der Waals surface area (Å²) < 4.78 is 8.27. The molecule has 1 aliphatic heterocycles. The van der Waals surface area contributed by atoms with Crippen molar-refractivity contribution in [3.63, 3.8) is 0 Å². The highest BCUT2D eigenvalue weighted by Gasteiger charge is 2.24. The molecule has 4 aromatic rings. The van der Waals surface area contributed by atoms with Crippen molar-refractivity contribution in [1.82, 2.24) is 24.6 Å². The Hall–Kier alpha value is -2.81. The van der Waals surface area contributed by atoms with Gasteiger partial charge in [0, 0.05) is 43.8 Å². The SMILES string of the molecule is Cc1nnc(Nc2cccc([C@@H]3CN(Cc4cn(C)c5ccccc45)CCO3)n2)s1. The third-order valence-corrected chi connectivity index (χ3v) is 6.14. The van der Waals surface area contributed by atoms with Crippen LogP contribution in [0.5, 0.6) is 0 Å². The summed E-state index contributed by atoms with van der Waals surface area (Å²) in [5, 5.41) is 14.4. The quantitative estimate of drug-likeness (QED) is 0.525. The van der Waals surface area contributed by atoms with Crippen LogP contribution in [0.15, 0.2) is 48.7 Å². The van der Waals surface area contributed by atoms with Crippen LogP contribution in [-0.2, 0) is 18.3 Å². The number of para-hydroxylation sites is 1. The molecular weight excluding hydrogens is 396 g/mol. The minimum atomic E-state index is -0.0494. The summed E-state index contributed by atoms with van der Waals surface area (Å²) in [6, 6.07) is 14.5. The van der Waals surface area contributed by atoms with E-state index in [0.717, 1.165) is 41.3 Å². The lowest BCUT2D eigenvalue weighted by molar-refractivity contribution is -0.0348. The summed E-state index contributed by atoms with van der Waals surface area (Å²) in [6.45, 7) is 5.28. The molecule has 0 radical (unpaired) electrons. The van der Waals surface area contributed by atoms with Gasteiger partial charge in [0.05, 0.1) is 12.3 Å². The zero-order valence-electron chi connectivity index (χ0n) is 17.1. The Morgan fingerprint density at radius 3 is 2.93 bits per heavy atom. The maximum Gasteiger partial charge on any atom is 0.211 e. The summed E-state index contributed by atoms with van der Waals surface area (Å²) in [4.78, 5) is 7.22. The molecule has 1 saturated heterocycles. The van der Waals surface area contributed by atoms with Crippen molar-refractivity contribution < 1.29 is 4.74 Å². The predicted molar refractivity (Wildman–Crippen MR) is 119 cm³/mol. The Labute approximate surface area is 179 Å². The number of hydrogen-bond acceptors (Lipinski definition) is 7. The molecule has 0 amide bonds. The molecule has 154 valence electrons. The number of morpholine rings is 1. The monoisotopic (exact) mass is 420 g/mol. The largest absolute Gasteiger partial charge is 0.369 e. The molecular formula is C22H24N6OS. The molecule has 0 bridgehead atoms. The maximum absolute atomic E-state index is 6.07. The predicted octanol–water partition coefficient (Wildman–Crippen LogP) is 4.05. The molecule has 0 aliphatic carbocycles. The first kappa shape index (κ1) is 19.2. The Kier molecular flexibility index (Phi) is 5.20. The first-order chi connectivity index (χ1) is 14.7. The lowest BCUT2D eigenvalue weighted by atomic mass is 10.1. The van der Waals surface area contributed by atoms with Crippen LogP contribution in [0.4, 0.5) is 10.9 Å². The van der Waals surface area contributed by atoms with Crippen molar-refractivity contribution in [3.8, 4) is 0 Å². The Morgan fingerprint density at radius 1 is 1.17 bits per heavy atom. The van der Waals surface area contributed by atoms with E-state index in [-0.39, 0.29) is 6.10 Å². The second kappa shape index (κ2) is 8.14. The number of benzene rings is 1. The molecule has 7 nitrogen and oxygen atoms in total. The molecule has 3 aromatic heterocycles. The number of aryl methyl sites for hydroxylation is 2. The van der Waals surface area contributed by atoms with Gasteiger partial charge < -0.3 is 14.6 Å². The summed E-state index contributed by atoms with van der Waals surface area (Å²) in [6.07, 6.45) is 2.19. The van der Waals surface area contributed by atoms with Crippen LogP contribution in [0.3, 0.4) is 0 Å². The average molecular weight is 421 g/mol. The first-order valence-electron chi connectivity index (χ1n) is 10.1. The second-order valence-electron chi connectivity index (χ2n) is 7.58. The fourth-order valence-electron chi connectivity index (χ4n) is 3.97. The van der Waals surface area contributed by atoms with Gasteiger partial charge in [0.1, 0.15) is 16.9 Å². The Bertz CT molecular complexity index is 1170. The maximum atomic E-state index is 6.07.